The summed E-state index contributed by atoms with van der Waals surface area (Å²) in [7, 11) is 4.60. The number of hydrogen-bond donors (Lipinski definition) is 1. The fourth-order valence-corrected chi connectivity index (χ4v) is 2.98. The van der Waals surface area contributed by atoms with Crippen LogP contribution in [0.5, 0.6) is 23.0 Å². The number of benzene rings is 2. The van der Waals surface area contributed by atoms with Gasteiger partial charge < -0.3 is 24.3 Å². The Balaban J connectivity index is 2.07. The molecule has 1 N–H and O–H groups in total. The molecule has 2 aromatic rings. The van der Waals surface area contributed by atoms with Crippen LogP contribution in [-0.4, -0.2) is 33.8 Å². The molecule has 0 aliphatic carbocycles. The van der Waals surface area contributed by atoms with E-state index in [1.807, 2.05) is 18.2 Å². The van der Waals surface area contributed by atoms with Crippen molar-refractivity contribution in [3.63, 3.8) is 0 Å². The van der Waals surface area contributed by atoms with E-state index in [4.69, 9.17) is 30.5 Å². The maximum Gasteiger partial charge on any atom is 0.248 e. The smallest absolute Gasteiger partial charge is 0.248 e. The van der Waals surface area contributed by atoms with E-state index in [1.54, 1.807) is 25.3 Å². The molecular weight excluding hydrogens is 406 g/mol. The van der Waals surface area contributed by atoms with E-state index in [-0.39, 0.29) is 5.91 Å². The van der Waals surface area contributed by atoms with E-state index in [1.165, 1.54) is 20.3 Å². The number of ether oxygens (including phenoxy) is 4. The Hall–Kier alpha value is -2.86. The van der Waals surface area contributed by atoms with Gasteiger partial charge in [0.1, 0.15) is 11.5 Å². The van der Waals surface area contributed by atoms with Crippen LogP contribution in [0.3, 0.4) is 0 Å². The van der Waals surface area contributed by atoms with Gasteiger partial charge in [-0.1, -0.05) is 37.4 Å². The Labute approximate surface area is 182 Å². The number of carbonyl (C=O) groups is 1. The van der Waals surface area contributed by atoms with Gasteiger partial charge in [-0.3, -0.25) is 4.79 Å². The zero-order valence-electron chi connectivity index (χ0n) is 17.8. The lowest BCUT2D eigenvalue weighted by Gasteiger charge is -2.12. The molecule has 2 aromatic carbocycles. The maximum atomic E-state index is 12.4. The predicted molar refractivity (Wildman–Crippen MR) is 120 cm³/mol. The average Bonchev–Trinajstić information content (AvgIpc) is 2.76. The summed E-state index contributed by atoms with van der Waals surface area (Å²) < 4.78 is 21.7. The van der Waals surface area contributed by atoms with Crippen LogP contribution in [0, 0.1) is 0 Å². The molecule has 0 bridgehead atoms. The van der Waals surface area contributed by atoms with Crippen molar-refractivity contribution in [1.82, 2.24) is 0 Å². The third kappa shape index (κ3) is 6.59. The molecule has 0 saturated heterocycles. The van der Waals surface area contributed by atoms with E-state index in [9.17, 15) is 4.79 Å². The fraction of sp³-hybridized carbons (Fsp3) is 0.348. The molecule has 0 aliphatic heterocycles. The van der Waals surface area contributed by atoms with Crippen LogP contribution in [0.25, 0.3) is 6.08 Å². The van der Waals surface area contributed by atoms with Gasteiger partial charge in [0, 0.05) is 18.2 Å². The van der Waals surface area contributed by atoms with Crippen molar-refractivity contribution in [2.45, 2.75) is 26.2 Å². The normalized spacial score (nSPS) is 10.7. The Morgan fingerprint density at radius 1 is 0.967 bits per heavy atom. The molecule has 0 aliphatic rings. The highest BCUT2D eigenvalue weighted by atomic mass is 35.5. The molecule has 0 saturated carbocycles. The van der Waals surface area contributed by atoms with Crippen molar-refractivity contribution in [3.8, 4) is 23.0 Å². The van der Waals surface area contributed by atoms with Gasteiger partial charge in [-0.25, -0.2) is 0 Å². The van der Waals surface area contributed by atoms with Gasteiger partial charge in [-0.15, -0.1) is 0 Å². The molecule has 0 unspecified atom stereocenters. The van der Waals surface area contributed by atoms with Crippen LogP contribution in [-0.2, 0) is 4.79 Å². The van der Waals surface area contributed by atoms with E-state index >= 15 is 0 Å². The summed E-state index contributed by atoms with van der Waals surface area (Å²) in [4.78, 5) is 12.4. The second-order valence-corrected chi connectivity index (χ2v) is 6.88. The van der Waals surface area contributed by atoms with Gasteiger partial charge in [0.15, 0.2) is 11.5 Å². The minimum atomic E-state index is -0.323. The summed E-state index contributed by atoms with van der Waals surface area (Å²) in [6.07, 6.45) is 6.39. The minimum absolute atomic E-state index is 0.323. The number of carbonyl (C=O) groups excluding carboxylic acids is 1. The second-order valence-electron chi connectivity index (χ2n) is 6.48. The summed E-state index contributed by atoms with van der Waals surface area (Å²) in [5.41, 5.74) is 1.27. The number of unbranched alkanes of at least 4 members (excludes halogenated alkanes) is 2. The van der Waals surface area contributed by atoms with Gasteiger partial charge in [-0.2, -0.15) is 0 Å². The van der Waals surface area contributed by atoms with Crippen molar-refractivity contribution in [2.24, 2.45) is 0 Å². The van der Waals surface area contributed by atoms with Gasteiger partial charge in [0.05, 0.1) is 38.6 Å². The summed E-state index contributed by atoms with van der Waals surface area (Å²) in [6.45, 7) is 2.80. The molecule has 0 spiro atoms. The highest BCUT2D eigenvalue weighted by molar-refractivity contribution is 6.32. The maximum absolute atomic E-state index is 12.4. The van der Waals surface area contributed by atoms with Crippen LogP contribution in [0.15, 0.2) is 36.4 Å². The molecule has 1 amide bonds. The van der Waals surface area contributed by atoms with Crippen molar-refractivity contribution in [3.05, 3.63) is 47.0 Å². The number of amides is 1. The molecule has 0 heterocycles. The summed E-state index contributed by atoms with van der Waals surface area (Å²) in [5, 5.41) is 3.16. The highest BCUT2D eigenvalue weighted by Gasteiger charge is 2.11. The lowest BCUT2D eigenvalue weighted by molar-refractivity contribution is -0.111. The molecule has 0 atom stereocenters. The first-order valence-corrected chi connectivity index (χ1v) is 10.1. The molecule has 0 fully saturated rings. The van der Waals surface area contributed by atoms with Crippen LogP contribution < -0.4 is 24.3 Å². The molecular formula is C23H28ClNO5. The number of methoxy groups -OCH3 is 3. The van der Waals surface area contributed by atoms with E-state index in [0.717, 1.165) is 24.8 Å². The molecule has 7 heteroatoms. The van der Waals surface area contributed by atoms with Gasteiger partial charge in [0.2, 0.25) is 5.91 Å². The highest BCUT2D eigenvalue weighted by Crippen LogP contribution is 2.36. The fourth-order valence-electron chi connectivity index (χ4n) is 2.75. The lowest BCUT2D eigenvalue weighted by atomic mass is 10.2. The zero-order valence-corrected chi connectivity index (χ0v) is 18.5. The van der Waals surface area contributed by atoms with Crippen LogP contribution >= 0.6 is 11.6 Å². The average molecular weight is 434 g/mol. The summed E-state index contributed by atoms with van der Waals surface area (Å²) in [6, 6.07) is 8.73. The van der Waals surface area contributed by atoms with Gasteiger partial charge in [-0.05, 0) is 30.2 Å². The van der Waals surface area contributed by atoms with Crippen LogP contribution in [0.4, 0.5) is 5.69 Å². The number of rotatable bonds is 11. The molecule has 6 nitrogen and oxygen atoms in total. The Bertz CT molecular complexity index is 882. The summed E-state index contributed by atoms with van der Waals surface area (Å²) in [5.74, 6) is 1.87. The quantitative estimate of drug-likeness (QED) is 0.369. The molecule has 30 heavy (non-hydrogen) atoms. The second kappa shape index (κ2) is 12.0. The van der Waals surface area contributed by atoms with Crippen molar-refractivity contribution < 1.29 is 23.7 Å². The molecule has 2 rings (SSSR count). The first-order chi connectivity index (χ1) is 14.5. The van der Waals surface area contributed by atoms with Crippen molar-refractivity contribution in [2.75, 3.05) is 33.3 Å². The van der Waals surface area contributed by atoms with Crippen molar-refractivity contribution in [1.29, 1.82) is 0 Å². The third-order valence-corrected chi connectivity index (χ3v) is 4.65. The van der Waals surface area contributed by atoms with Gasteiger partial charge >= 0.3 is 0 Å². The Kier molecular flexibility index (Phi) is 9.35. The Morgan fingerprint density at radius 3 is 2.37 bits per heavy atom. The van der Waals surface area contributed by atoms with E-state index in [0.29, 0.717) is 40.3 Å². The molecule has 162 valence electrons. The summed E-state index contributed by atoms with van der Waals surface area (Å²) >= 11 is 6.09. The van der Waals surface area contributed by atoms with Crippen LogP contribution in [0.2, 0.25) is 5.02 Å². The van der Waals surface area contributed by atoms with E-state index < -0.39 is 0 Å². The van der Waals surface area contributed by atoms with E-state index in [2.05, 4.69) is 12.2 Å². The lowest BCUT2D eigenvalue weighted by Crippen LogP contribution is -2.09. The monoisotopic (exact) mass is 433 g/mol. The zero-order chi connectivity index (χ0) is 21.9. The number of anilines is 1. The predicted octanol–water partition coefficient (Wildman–Crippen LogP) is 5.59. The first kappa shape index (κ1) is 23.4. The number of hydrogen-bond acceptors (Lipinski definition) is 5. The number of halogens is 1. The Morgan fingerprint density at radius 2 is 1.70 bits per heavy atom. The topological polar surface area (TPSA) is 66.0 Å². The minimum Gasteiger partial charge on any atom is -0.495 e. The SMILES string of the molecule is CCCCCOc1ccc(/C=C/C(=O)Nc2cc(OC)c(Cl)cc2OC)cc1OC. The molecule has 0 radical (unpaired) electrons. The van der Waals surface area contributed by atoms with Gasteiger partial charge in [0.25, 0.3) is 0 Å². The largest absolute Gasteiger partial charge is 0.495 e. The number of nitrogens with one attached hydrogen (secondary N) is 1. The first-order valence-electron chi connectivity index (χ1n) is 9.73. The van der Waals surface area contributed by atoms with Crippen LogP contribution in [0.1, 0.15) is 31.7 Å². The third-order valence-electron chi connectivity index (χ3n) is 4.35. The molecule has 0 aromatic heterocycles. The standard InChI is InChI=1S/C23H28ClNO5/c1-5-6-7-12-30-19-10-8-16(13-22(19)29-4)9-11-23(26)25-18-15-20(27-2)17(24)14-21(18)28-3/h8-11,13-15H,5-7,12H2,1-4H3,(H,25,26)/b11-9+. The van der Waals surface area contributed by atoms with Crippen molar-refractivity contribution >= 4 is 29.3 Å².